The number of methoxy groups -OCH3 is 1. The van der Waals surface area contributed by atoms with Crippen LogP contribution < -0.4 is 21.1 Å². The van der Waals surface area contributed by atoms with Gasteiger partial charge in [0.1, 0.15) is 5.75 Å². The Kier molecular flexibility index (Phi) is 4.85. The number of anilines is 2. The van der Waals surface area contributed by atoms with E-state index in [1.54, 1.807) is 42.5 Å². The van der Waals surface area contributed by atoms with E-state index in [0.29, 0.717) is 27.7 Å². The van der Waals surface area contributed by atoms with Crippen LogP contribution in [0.25, 0.3) is 0 Å². The SMILES string of the molecule is COc1ccc(Cl)cc1NC(=O)c1ccc(NC(N)=O)cc1. The minimum Gasteiger partial charge on any atom is -0.495 e. The van der Waals surface area contributed by atoms with Crippen molar-refractivity contribution in [2.75, 3.05) is 17.7 Å². The van der Waals surface area contributed by atoms with Gasteiger partial charge in [-0.2, -0.15) is 0 Å². The summed E-state index contributed by atoms with van der Waals surface area (Å²) >= 11 is 5.91. The molecule has 0 aromatic heterocycles. The highest BCUT2D eigenvalue weighted by molar-refractivity contribution is 6.31. The van der Waals surface area contributed by atoms with Crippen molar-refractivity contribution in [3.05, 3.63) is 53.1 Å². The van der Waals surface area contributed by atoms with Crippen LogP contribution in [0, 0.1) is 0 Å². The number of benzene rings is 2. The Morgan fingerprint density at radius 2 is 1.77 bits per heavy atom. The first kappa shape index (κ1) is 15.7. The fraction of sp³-hybridized carbons (Fsp3) is 0.0667. The molecule has 22 heavy (non-hydrogen) atoms. The molecule has 0 aliphatic rings. The van der Waals surface area contributed by atoms with Crippen molar-refractivity contribution in [2.45, 2.75) is 0 Å². The average Bonchev–Trinajstić information content (AvgIpc) is 2.47. The Balaban J connectivity index is 2.15. The Labute approximate surface area is 132 Å². The van der Waals surface area contributed by atoms with E-state index in [1.807, 2.05) is 0 Å². The summed E-state index contributed by atoms with van der Waals surface area (Å²) in [5, 5.41) is 5.62. The highest BCUT2D eigenvalue weighted by Crippen LogP contribution is 2.28. The van der Waals surface area contributed by atoms with E-state index in [4.69, 9.17) is 22.1 Å². The Bertz CT molecular complexity index is 702. The number of halogens is 1. The molecule has 3 amide bonds. The molecule has 0 fully saturated rings. The number of carbonyl (C=O) groups is 2. The second-order valence-electron chi connectivity index (χ2n) is 4.37. The standard InChI is InChI=1S/C15H14ClN3O3/c1-22-13-7-4-10(16)8-12(13)19-14(20)9-2-5-11(6-3-9)18-15(17)21/h2-8H,1H3,(H,19,20)(H3,17,18,21). The van der Waals surface area contributed by atoms with Crippen LogP contribution in [0.4, 0.5) is 16.2 Å². The molecule has 0 heterocycles. The second kappa shape index (κ2) is 6.82. The topological polar surface area (TPSA) is 93.4 Å². The van der Waals surface area contributed by atoms with Gasteiger partial charge in [-0.25, -0.2) is 4.79 Å². The summed E-state index contributed by atoms with van der Waals surface area (Å²) in [7, 11) is 1.50. The molecular weight excluding hydrogens is 306 g/mol. The maximum absolute atomic E-state index is 12.2. The minimum absolute atomic E-state index is 0.328. The second-order valence-corrected chi connectivity index (χ2v) is 4.80. The van der Waals surface area contributed by atoms with Crippen LogP contribution in [0.1, 0.15) is 10.4 Å². The van der Waals surface area contributed by atoms with Crippen LogP contribution in [0.15, 0.2) is 42.5 Å². The van der Waals surface area contributed by atoms with Gasteiger partial charge in [0.05, 0.1) is 12.8 Å². The van der Waals surface area contributed by atoms with Crippen molar-refractivity contribution >= 4 is 34.9 Å². The lowest BCUT2D eigenvalue weighted by Crippen LogP contribution is -2.19. The van der Waals surface area contributed by atoms with Crippen LogP contribution in [-0.4, -0.2) is 19.0 Å². The Morgan fingerprint density at radius 3 is 2.36 bits per heavy atom. The highest BCUT2D eigenvalue weighted by Gasteiger charge is 2.10. The van der Waals surface area contributed by atoms with Gasteiger partial charge < -0.3 is 21.1 Å². The molecule has 4 N–H and O–H groups in total. The van der Waals surface area contributed by atoms with Gasteiger partial charge in [-0.1, -0.05) is 11.6 Å². The average molecular weight is 320 g/mol. The van der Waals surface area contributed by atoms with E-state index in [9.17, 15) is 9.59 Å². The molecule has 0 aliphatic heterocycles. The maximum atomic E-state index is 12.2. The van der Waals surface area contributed by atoms with E-state index in [1.165, 1.54) is 7.11 Å². The lowest BCUT2D eigenvalue weighted by molar-refractivity contribution is 0.102. The molecule has 7 heteroatoms. The first-order chi connectivity index (χ1) is 10.5. The summed E-state index contributed by atoms with van der Waals surface area (Å²) in [5.74, 6) is 0.177. The lowest BCUT2D eigenvalue weighted by Gasteiger charge is -2.11. The molecule has 2 aromatic carbocycles. The monoisotopic (exact) mass is 319 g/mol. The van der Waals surface area contributed by atoms with E-state index >= 15 is 0 Å². The zero-order chi connectivity index (χ0) is 16.1. The Morgan fingerprint density at radius 1 is 1.09 bits per heavy atom. The van der Waals surface area contributed by atoms with E-state index in [0.717, 1.165) is 0 Å². The predicted molar refractivity (Wildman–Crippen MR) is 85.6 cm³/mol. The summed E-state index contributed by atoms with van der Waals surface area (Å²) < 4.78 is 5.17. The number of ether oxygens (including phenoxy) is 1. The number of rotatable bonds is 4. The maximum Gasteiger partial charge on any atom is 0.316 e. The molecule has 0 atom stereocenters. The van der Waals surface area contributed by atoms with E-state index in [2.05, 4.69) is 10.6 Å². The van der Waals surface area contributed by atoms with Crippen molar-refractivity contribution in [3.8, 4) is 5.75 Å². The molecular formula is C15H14ClN3O3. The van der Waals surface area contributed by atoms with E-state index in [-0.39, 0.29) is 5.91 Å². The van der Waals surface area contributed by atoms with Crippen molar-refractivity contribution in [1.29, 1.82) is 0 Å². The number of amides is 3. The molecule has 0 bridgehead atoms. The number of hydrogen-bond donors (Lipinski definition) is 3. The summed E-state index contributed by atoms with van der Waals surface area (Å²) in [4.78, 5) is 22.9. The largest absolute Gasteiger partial charge is 0.495 e. The van der Waals surface area contributed by atoms with Gasteiger partial charge in [-0.05, 0) is 42.5 Å². The number of nitrogens with one attached hydrogen (secondary N) is 2. The van der Waals surface area contributed by atoms with Gasteiger partial charge in [-0.3, -0.25) is 4.79 Å². The highest BCUT2D eigenvalue weighted by atomic mass is 35.5. The third-order valence-electron chi connectivity index (χ3n) is 2.82. The summed E-state index contributed by atoms with van der Waals surface area (Å²) in [5.41, 5.74) is 6.40. The van der Waals surface area contributed by atoms with Gasteiger partial charge in [0, 0.05) is 16.3 Å². The predicted octanol–water partition coefficient (Wildman–Crippen LogP) is 3.09. The van der Waals surface area contributed by atoms with Crippen LogP contribution in [0.5, 0.6) is 5.75 Å². The molecule has 0 radical (unpaired) electrons. The Hall–Kier alpha value is -2.73. The van der Waals surface area contributed by atoms with Gasteiger partial charge in [0.25, 0.3) is 5.91 Å². The third kappa shape index (κ3) is 3.89. The number of urea groups is 1. The first-order valence-electron chi connectivity index (χ1n) is 6.31. The fourth-order valence-electron chi connectivity index (χ4n) is 1.82. The van der Waals surface area contributed by atoms with E-state index < -0.39 is 6.03 Å². The smallest absolute Gasteiger partial charge is 0.316 e. The molecule has 114 valence electrons. The molecule has 0 aliphatic carbocycles. The molecule has 0 spiro atoms. The molecule has 0 saturated carbocycles. The quantitative estimate of drug-likeness (QED) is 0.808. The molecule has 0 saturated heterocycles. The van der Waals surface area contributed by atoms with Crippen molar-refractivity contribution in [3.63, 3.8) is 0 Å². The lowest BCUT2D eigenvalue weighted by atomic mass is 10.2. The number of carbonyl (C=O) groups excluding carboxylic acids is 2. The van der Waals surface area contributed by atoms with Gasteiger partial charge in [0.15, 0.2) is 0 Å². The molecule has 2 rings (SSSR count). The molecule has 6 nitrogen and oxygen atoms in total. The molecule has 0 unspecified atom stereocenters. The zero-order valence-corrected chi connectivity index (χ0v) is 12.5. The molecule has 2 aromatic rings. The van der Waals surface area contributed by atoms with Crippen molar-refractivity contribution < 1.29 is 14.3 Å². The number of primary amides is 1. The van der Waals surface area contributed by atoms with Gasteiger partial charge >= 0.3 is 6.03 Å². The first-order valence-corrected chi connectivity index (χ1v) is 6.69. The summed E-state index contributed by atoms with van der Waals surface area (Å²) in [6.45, 7) is 0. The van der Waals surface area contributed by atoms with Crippen LogP contribution >= 0.6 is 11.6 Å². The summed E-state index contributed by atoms with van der Waals surface area (Å²) in [6.07, 6.45) is 0. The van der Waals surface area contributed by atoms with Crippen LogP contribution in [-0.2, 0) is 0 Å². The van der Waals surface area contributed by atoms with Crippen molar-refractivity contribution in [1.82, 2.24) is 0 Å². The number of hydrogen-bond acceptors (Lipinski definition) is 3. The van der Waals surface area contributed by atoms with Crippen LogP contribution in [0.2, 0.25) is 5.02 Å². The third-order valence-corrected chi connectivity index (χ3v) is 3.06. The normalized spacial score (nSPS) is 9.91. The van der Waals surface area contributed by atoms with Crippen molar-refractivity contribution in [2.24, 2.45) is 5.73 Å². The van der Waals surface area contributed by atoms with Crippen LogP contribution in [0.3, 0.4) is 0 Å². The minimum atomic E-state index is -0.666. The number of nitrogens with two attached hydrogens (primary N) is 1. The zero-order valence-electron chi connectivity index (χ0n) is 11.7. The summed E-state index contributed by atoms with van der Waals surface area (Å²) in [6, 6.07) is 10.6. The fourth-order valence-corrected chi connectivity index (χ4v) is 1.99. The van der Waals surface area contributed by atoms with Gasteiger partial charge in [0.2, 0.25) is 0 Å². The van der Waals surface area contributed by atoms with Gasteiger partial charge in [-0.15, -0.1) is 0 Å².